The van der Waals surface area contributed by atoms with Crippen molar-refractivity contribution in [2.75, 3.05) is 19.6 Å². The fourth-order valence-corrected chi connectivity index (χ4v) is 4.97. The van der Waals surface area contributed by atoms with Crippen LogP contribution in [0.1, 0.15) is 25.7 Å². The number of hydrogen-bond acceptors (Lipinski definition) is 4. The molecule has 1 aromatic rings. The van der Waals surface area contributed by atoms with Crippen molar-refractivity contribution in [1.29, 1.82) is 0 Å². The predicted molar refractivity (Wildman–Crippen MR) is 87.4 cm³/mol. The number of carbonyl (C=O) groups is 1. The van der Waals surface area contributed by atoms with Crippen LogP contribution in [0, 0.1) is 0 Å². The van der Waals surface area contributed by atoms with E-state index in [1.807, 2.05) is 0 Å². The molecule has 3 rings (SSSR count). The summed E-state index contributed by atoms with van der Waals surface area (Å²) in [5.74, 6) is -0.185. The first-order chi connectivity index (χ1) is 11.1. The van der Waals surface area contributed by atoms with E-state index in [1.54, 1.807) is 30.3 Å². The Labute approximate surface area is 137 Å². The molecule has 2 N–H and O–H groups in total. The maximum atomic E-state index is 12.7. The first kappa shape index (κ1) is 16.4. The number of sulfonamides is 1. The summed E-state index contributed by atoms with van der Waals surface area (Å²) < 4.78 is 26.8. The summed E-state index contributed by atoms with van der Waals surface area (Å²) in [7, 11) is -3.61. The summed E-state index contributed by atoms with van der Waals surface area (Å²) in [6.07, 6.45) is 3.47. The standard InChI is InChI=1S/C16H23N3O3S/c20-16(18-12-13-6-4-10-17-13)15-9-5-11-19(15)23(21,22)14-7-2-1-3-8-14/h1-3,7-8,13,15,17H,4-6,9-12H2,(H,18,20). The molecular formula is C16H23N3O3S. The second-order valence-electron chi connectivity index (χ2n) is 6.13. The van der Waals surface area contributed by atoms with Crippen molar-refractivity contribution < 1.29 is 13.2 Å². The van der Waals surface area contributed by atoms with Gasteiger partial charge in [-0.1, -0.05) is 18.2 Å². The fourth-order valence-electron chi connectivity index (χ4n) is 3.29. The van der Waals surface area contributed by atoms with Gasteiger partial charge in [-0.3, -0.25) is 4.79 Å². The summed E-state index contributed by atoms with van der Waals surface area (Å²) in [5.41, 5.74) is 0. The molecule has 0 radical (unpaired) electrons. The van der Waals surface area contributed by atoms with Crippen LogP contribution in [0.4, 0.5) is 0 Å². The molecule has 0 spiro atoms. The van der Waals surface area contributed by atoms with E-state index in [0.717, 1.165) is 19.4 Å². The molecule has 6 nitrogen and oxygen atoms in total. The van der Waals surface area contributed by atoms with Gasteiger partial charge in [0.05, 0.1) is 4.90 Å². The minimum Gasteiger partial charge on any atom is -0.353 e. The molecular weight excluding hydrogens is 314 g/mol. The first-order valence-corrected chi connectivity index (χ1v) is 9.61. The smallest absolute Gasteiger partial charge is 0.243 e. The molecule has 0 saturated carbocycles. The third-order valence-corrected chi connectivity index (χ3v) is 6.46. The zero-order chi connectivity index (χ0) is 16.3. The maximum absolute atomic E-state index is 12.7. The van der Waals surface area contributed by atoms with Crippen LogP contribution in [0.15, 0.2) is 35.2 Å². The maximum Gasteiger partial charge on any atom is 0.243 e. The highest BCUT2D eigenvalue weighted by Crippen LogP contribution is 2.26. The van der Waals surface area contributed by atoms with Crippen LogP contribution in [0.5, 0.6) is 0 Å². The highest BCUT2D eigenvalue weighted by Gasteiger charge is 2.39. The number of nitrogens with zero attached hydrogens (tertiary/aromatic N) is 1. The monoisotopic (exact) mass is 337 g/mol. The van der Waals surface area contributed by atoms with Crippen LogP contribution >= 0.6 is 0 Å². The van der Waals surface area contributed by atoms with Crippen LogP contribution in [-0.2, 0) is 14.8 Å². The molecule has 2 heterocycles. The lowest BCUT2D eigenvalue weighted by Gasteiger charge is -2.24. The Morgan fingerprint density at radius 2 is 2.00 bits per heavy atom. The third kappa shape index (κ3) is 3.57. The molecule has 7 heteroatoms. The van der Waals surface area contributed by atoms with Gasteiger partial charge in [-0.15, -0.1) is 0 Å². The average molecular weight is 337 g/mol. The van der Waals surface area contributed by atoms with Crippen molar-refractivity contribution in [2.45, 2.75) is 42.7 Å². The van der Waals surface area contributed by atoms with Crippen molar-refractivity contribution in [3.8, 4) is 0 Å². The van der Waals surface area contributed by atoms with Crippen molar-refractivity contribution in [3.05, 3.63) is 30.3 Å². The normalized spacial score (nSPS) is 25.6. The molecule has 1 amide bonds. The van der Waals surface area contributed by atoms with Crippen LogP contribution in [-0.4, -0.2) is 50.3 Å². The summed E-state index contributed by atoms with van der Waals surface area (Å²) in [6, 6.07) is 8.03. The Morgan fingerprint density at radius 3 is 2.70 bits per heavy atom. The Kier molecular flexibility index (Phi) is 4.99. The van der Waals surface area contributed by atoms with Gasteiger partial charge in [0.25, 0.3) is 0 Å². The van der Waals surface area contributed by atoms with Gasteiger partial charge in [-0.2, -0.15) is 4.31 Å². The second kappa shape index (κ2) is 6.98. The average Bonchev–Trinajstić information content (AvgIpc) is 3.25. The highest BCUT2D eigenvalue weighted by atomic mass is 32.2. The van der Waals surface area contributed by atoms with Crippen LogP contribution in [0.3, 0.4) is 0 Å². The molecule has 0 bridgehead atoms. The van der Waals surface area contributed by atoms with E-state index in [9.17, 15) is 13.2 Å². The van der Waals surface area contributed by atoms with E-state index >= 15 is 0 Å². The molecule has 23 heavy (non-hydrogen) atoms. The molecule has 126 valence electrons. The third-order valence-electron chi connectivity index (χ3n) is 4.54. The van der Waals surface area contributed by atoms with E-state index in [0.29, 0.717) is 32.0 Å². The summed E-state index contributed by atoms with van der Waals surface area (Å²) in [5, 5.41) is 6.24. The summed E-state index contributed by atoms with van der Waals surface area (Å²) in [6.45, 7) is 1.95. The van der Waals surface area contributed by atoms with E-state index in [2.05, 4.69) is 10.6 Å². The first-order valence-electron chi connectivity index (χ1n) is 8.17. The summed E-state index contributed by atoms with van der Waals surface area (Å²) >= 11 is 0. The number of rotatable bonds is 5. The van der Waals surface area contributed by atoms with Gasteiger partial charge in [0, 0.05) is 19.1 Å². The number of hydrogen-bond donors (Lipinski definition) is 2. The minimum atomic E-state index is -3.61. The Hall–Kier alpha value is -1.44. The Bertz CT molecular complexity index is 642. The van der Waals surface area contributed by atoms with Crippen LogP contribution < -0.4 is 10.6 Å². The van der Waals surface area contributed by atoms with E-state index in [4.69, 9.17) is 0 Å². The number of nitrogens with one attached hydrogen (secondary N) is 2. The molecule has 1 aromatic carbocycles. The highest BCUT2D eigenvalue weighted by molar-refractivity contribution is 7.89. The van der Waals surface area contributed by atoms with Crippen LogP contribution in [0.25, 0.3) is 0 Å². The number of benzene rings is 1. The van der Waals surface area contributed by atoms with Crippen molar-refractivity contribution in [2.24, 2.45) is 0 Å². The largest absolute Gasteiger partial charge is 0.353 e. The van der Waals surface area contributed by atoms with Gasteiger partial charge in [0.15, 0.2) is 0 Å². The van der Waals surface area contributed by atoms with E-state index in [1.165, 1.54) is 4.31 Å². The molecule has 2 atom stereocenters. The predicted octanol–water partition coefficient (Wildman–Crippen LogP) is 0.708. The molecule has 2 fully saturated rings. The van der Waals surface area contributed by atoms with Gasteiger partial charge in [0.1, 0.15) is 6.04 Å². The van der Waals surface area contributed by atoms with Gasteiger partial charge in [0.2, 0.25) is 15.9 Å². The molecule has 0 aliphatic carbocycles. The van der Waals surface area contributed by atoms with E-state index in [-0.39, 0.29) is 10.8 Å². The zero-order valence-electron chi connectivity index (χ0n) is 13.1. The zero-order valence-corrected chi connectivity index (χ0v) is 13.9. The lowest BCUT2D eigenvalue weighted by Crippen LogP contribution is -2.48. The van der Waals surface area contributed by atoms with Crippen molar-refractivity contribution >= 4 is 15.9 Å². The Morgan fingerprint density at radius 1 is 1.22 bits per heavy atom. The number of amides is 1. The van der Waals surface area contributed by atoms with Crippen molar-refractivity contribution in [3.63, 3.8) is 0 Å². The van der Waals surface area contributed by atoms with Gasteiger partial charge in [-0.05, 0) is 44.4 Å². The topological polar surface area (TPSA) is 78.5 Å². The van der Waals surface area contributed by atoms with Gasteiger partial charge >= 0.3 is 0 Å². The molecule has 2 aliphatic rings. The minimum absolute atomic E-state index is 0.185. The molecule has 2 aliphatic heterocycles. The second-order valence-corrected chi connectivity index (χ2v) is 8.02. The summed E-state index contributed by atoms with van der Waals surface area (Å²) in [4.78, 5) is 12.7. The SMILES string of the molecule is O=C(NCC1CCCN1)C1CCCN1S(=O)(=O)c1ccccc1. The molecule has 0 aromatic heterocycles. The molecule has 2 saturated heterocycles. The van der Waals surface area contributed by atoms with Crippen LogP contribution in [0.2, 0.25) is 0 Å². The fraction of sp³-hybridized carbons (Fsp3) is 0.562. The molecule has 2 unspecified atom stereocenters. The van der Waals surface area contributed by atoms with Gasteiger partial charge in [-0.25, -0.2) is 8.42 Å². The quantitative estimate of drug-likeness (QED) is 0.829. The van der Waals surface area contributed by atoms with Crippen molar-refractivity contribution in [1.82, 2.24) is 14.9 Å². The van der Waals surface area contributed by atoms with Gasteiger partial charge < -0.3 is 10.6 Å². The lowest BCUT2D eigenvalue weighted by atomic mass is 10.2. The number of carbonyl (C=O) groups excluding carboxylic acids is 1. The lowest BCUT2D eigenvalue weighted by molar-refractivity contribution is -0.124. The van der Waals surface area contributed by atoms with E-state index < -0.39 is 16.1 Å². The Balaban J connectivity index is 1.68.